The zero-order valence-electron chi connectivity index (χ0n) is 12.3. The highest BCUT2D eigenvalue weighted by Gasteiger charge is 2.33. The van der Waals surface area contributed by atoms with E-state index in [1.54, 1.807) is 0 Å². The molecule has 1 aromatic rings. The molecule has 2 atom stereocenters. The van der Waals surface area contributed by atoms with Crippen molar-refractivity contribution in [1.29, 1.82) is 0 Å². The molecule has 1 fully saturated rings. The highest BCUT2D eigenvalue weighted by Crippen LogP contribution is 2.26. The maximum atomic E-state index is 12.4. The summed E-state index contributed by atoms with van der Waals surface area (Å²) in [5.74, 6) is -2.39. The first-order chi connectivity index (χ1) is 10.7. The van der Waals surface area contributed by atoms with Crippen molar-refractivity contribution in [3.63, 3.8) is 0 Å². The number of carboxylic acids is 1. The van der Waals surface area contributed by atoms with Crippen LogP contribution in [0.3, 0.4) is 0 Å². The minimum absolute atomic E-state index is 0.0934. The van der Waals surface area contributed by atoms with E-state index in [0.29, 0.717) is 12.8 Å². The Kier molecular flexibility index (Phi) is 4.82. The molecule has 1 aliphatic heterocycles. The number of ether oxygens (including phenoxy) is 1. The third-order valence-corrected chi connectivity index (χ3v) is 3.83. The SMILES string of the molecule is CC1CCC(C(=O)O)CN1C(=O)c1ccc(OC(F)(F)F)cc1. The van der Waals surface area contributed by atoms with Crippen LogP contribution in [0.4, 0.5) is 13.2 Å². The monoisotopic (exact) mass is 331 g/mol. The smallest absolute Gasteiger partial charge is 0.481 e. The number of halogens is 3. The molecule has 0 bridgehead atoms. The van der Waals surface area contributed by atoms with Gasteiger partial charge in [0.1, 0.15) is 5.75 Å². The number of rotatable bonds is 3. The van der Waals surface area contributed by atoms with Gasteiger partial charge in [0.2, 0.25) is 0 Å². The van der Waals surface area contributed by atoms with Crippen molar-refractivity contribution in [2.45, 2.75) is 32.2 Å². The molecule has 0 aliphatic carbocycles. The van der Waals surface area contributed by atoms with Crippen molar-refractivity contribution in [1.82, 2.24) is 4.90 Å². The number of amides is 1. The minimum Gasteiger partial charge on any atom is -0.481 e. The number of nitrogens with zero attached hydrogens (tertiary/aromatic N) is 1. The average molecular weight is 331 g/mol. The highest BCUT2D eigenvalue weighted by molar-refractivity contribution is 5.95. The van der Waals surface area contributed by atoms with E-state index in [9.17, 15) is 22.8 Å². The molecule has 1 N–H and O–H groups in total. The lowest BCUT2D eigenvalue weighted by Gasteiger charge is -2.36. The van der Waals surface area contributed by atoms with E-state index in [0.717, 1.165) is 12.1 Å². The molecule has 1 saturated heterocycles. The van der Waals surface area contributed by atoms with E-state index in [-0.39, 0.29) is 18.2 Å². The Morgan fingerprint density at radius 2 is 1.83 bits per heavy atom. The van der Waals surface area contributed by atoms with Crippen LogP contribution in [-0.4, -0.2) is 40.8 Å². The molecule has 0 spiro atoms. The second kappa shape index (κ2) is 6.47. The average Bonchev–Trinajstić information content (AvgIpc) is 2.46. The van der Waals surface area contributed by atoms with Gasteiger partial charge < -0.3 is 14.7 Å². The van der Waals surface area contributed by atoms with Crippen molar-refractivity contribution in [2.75, 3.05) is 6.54 Å². The summed E-state index contributed by atoms with van der Waals surface area (Å²) in [6, 6.07) is 4.47. The zero-order chi connectivity index (χ0) is 17.2. The zero-order valence-corrected chi connectivity index (χ0v) is 12.3. The molecule has 2 unspecified atom stereocenters. The number of carbonyl (C=O) groups excluding carboxylic acids is 1. The summed E-state index contributed by atoms with van der Waals surface area (Å²) in [5.41, 5.74) is 0.192. The summed E-state index contributed by atoms with van der Waals surface area (Å²) in [7, 11) is 0. The Morgan fingerprint density at radius 1 is 1.22 bits per heavy atom. The van der Waals surface area contributed by atoms with E-state index in [2.05, 4.69) is 4.74 Å². The van der Waals surface area contributed by atoms with E-state index in [1.807, 2.05) is 6.92 Å². The van der Waals surface area contributed by atoms with Crippen LogP contribution in [0.1, 0.15) is 30.1 Å². The van der Waals surface area contributed by atoms with Crippen LogP contribution in [0.5, 0.6) is 5.75 Å². The fourth-order valence-electron chi connectivity index (χ4n) is 2.56. The number of aliphatic carboxylic acids is 1. The molecule has 126 valence electrons. The molecule has 0 radical (unpaired) electrons. The Hall–Kier alpha value is -2.25. The fourth-order valence-corrected chi connectivity index (χ4v) is 2.56. The third kappa shape index (κ3) is 4.37. The van der Waals surface area contributed by atoms with Gasteiger partial charge in [-0.25, -0.2) is 0 Å². The number of alkyl halides is 3. The van der Waals surface area contributed by atoms with E-state index in [1.165, 1.54) is 17.0 Å². The maximum Gasteiger partial charge on any atom is 0.573 e. The summed E-state index contributed by atoms with van der Waals surface area (Å²) in [5, 5.41) is 9.08. The van der Waals surface area contributed by atoms with Crippen molar-refractivity contribution in [2.24, 2.45) is 5.92 Å². The van der Waals surface area contributed by atoms with Crippen LogP contribution in [0.2, 0.25) is 0 Å². The number of carboxylic acid groups (broad SMARTS) is 1. The Morgan fingerprint density at radius 3 is 2.35 bits per heavy atom. The van der Waals surface area contributed by atoms with Gasteiger partial charge in [0.05, 0.1) is 5.92 Å². The molecule has 23 heavy (non-hydrogen) atoms. The van der Waals surface area contributed by atoms with Crippen molar-refractivity contribution in [3.8, 4) is 5.75 Å². The number of hydrogen-bond acceptors (Lipinski definition) is 3. The molecule has 0 saturated carbocycles. The molecule has 1 amide bonds. The van der Waals surface area contributed by atoms with Crippen molar-refractivity contribution < 1.29 is 32.6 Å². The summed E-state index contributed by atoms with van der Waals surface area (Å²) < 4.78 is 40.1. The van der Waals surface area contributed by atoms with Crippen LogP contribution in [0, 0.1) is 5.92 Å². The second-order valence-corrected chi connectivity index (χ2v) is 5.49. The first-order valence-electron chi connectivity index (χ1n) is 7.07. The number of benzene rings is 1. The number of likely N-dealkylation sites (tertiary alicyclic amines) is 1. The molecule has 2 rings (SSSR count). The van der Waals surface area contributed by atoms with E-state index in [4.69, 9.17) is 5.11 Å². The highest BCUT2D eigenvalue weighted by atomic mass is 19.4. The van der Waals surface area contributed by atoms with Crippen molar-refractivity contribution in [3.05, 3.63) is 29.8 Å². The molecule has 1 aromatic carbocycles. The maximum absolute atomic E-state index is 12.4. The summed E-state index contributed by atoms with van der Waals surface area (Å²) in [6.45, 7) is 1.91. The first-order valence-corrected chi connectivity index (χ1v) is 7.07. The fraction of sp³-hybridized carbons (Fsp3) is 0.467. The second-order valence-electron chi connectivity index (χ2n) is 5.49. The summed E-state index contributed by atoms with van der Waals surface area (Å²) in [4.78, 5) is 25.0. The molecule has 1 heterocycles. The lowest BCUT2D eigenvalue weighted by atomic mass is 9.93. The van der Waals surface area contributed by atoms with E-state index < -0.39 is 29.9 Å². The topological polar surface area (TPSA) is 66.8 Å². The lowest BCUT2D eigenvalue weighted by molar-refractivity contribution is -0.274. The largest absolute Gasteiger partial charge is 0.573 e. The van der Waals surface area contributed by atoms with Crippen molar-refractivity contribution >= 4 is 11.9 Å². The van der Waals surface area contributed by atoms with Gasteiger partial charge in [-0.2, -0.15) is 0 Å². The Labute approximate surface area is 130 Å². The van der Waals surface area contributed by atoms with Crippen LogP contribution in [0.25, 0.3) is 0 Å². The minimum atomic E-state index is -4.79. The van der Waals surface area contributed by atoms with Gasteiger partial charge in [0, 0.05) is 18.2 Å². The molecule has 8 heteroatoms. The van der Waals surface area contributed by atoms with Gasteiger partial charge >= 0.3 is 12.3 Å². The van der Waals surface area contributed by atoms with Crippen LogP contribution < -0.4 is 4.74 Å². The van der Waals surface area contributed by atoms with Crippen LogP contribution in [-0.2, 0) is 4.79 Å². The molecule has 1 aliphatic rings. The molecular formula is C15H16F3NO4. The standard InChI is InChI=1S/C15H16F3NO4/c1-9-2-3-11(14(21)22)8-19(9)13(20)10-4-6-12(7-5-10)23-15(16,17)18/h4-7,9,11H,2-3,8H2,1H3,(H,21,22). The molecular weight excluding hydrogens is 315 g/mol. The quantitative estimate of drug-likeness (QED) is 0.925. The van der Waals surface area contributed by atoms with Gasteiger partial charge in [0.15, 0.2) is 0 Å². The van der Waals surface area contributed by atoms with Gasteiger partial charge in [0.25, 0.3) is 5.91 Å². The number of piperidine rings is 1. The van der Waals surface area contributed by atoms with E-state index >= 15 is 0 Å². The first kappa shape index (κ1) is 17.1. The third-order valence-electron chi connectivity index (χ3n) is 3.83. The van der Waals surface area contributed by atoms with Crippen LogP contribution in [0.15, 0.2) is 24.3 Å². The predicted molar refractivity (Wildman–Crippen MR) is 74.0 cm³/mol. The predicted octanol–water partition coefficient (Wildman–Crippen LogP) is 2.91. The van der Waals surface area contributed by atoms with Gasteiger partial charge in [-0.3, -0.25) is 9.59 Å². The Balaban J connectivity index is 2.11. The van der Waals surface area contributed by atoms with Crippen LogP contribution >= 0.6 is 0 Å². The summed E-state index contributed by atoms with van der Waals surface area (Å²) >= 11 is 0. The normalized spacial score (nSPS) is 21.8. The van der Waals surface area contributed by atoms with Gasteiger partial charge in [-0.15, -0.1) is 13.2 Å². The number of carbonyl (C=O) groups is 2. The summed E-state index contributed by atoms with van der Waals surface area (Å²) in [6.07, 6.45) is -3.72. The van der Waals surface area contributed by atoms with Gasteiger partial charge in [-0.1, -0.05) is 0 Å². The lowest BCUT2D eigenvalue weighted by Crippen LogP contribution is -2.47. The Bertz CT molecular complexity index is 585. The number of hydrogen-bond donors (Lipinski definition) is 1. The molecule has 0 aromatic heterocycles. The van der Waals surface area contributed by atoms with Gasteiger partial charge in [-0.05, 0) is 44.0 Å². The molecule has 5 nitrogen and oxygen atoms in total.